The van der Waals surface area contributed by atoms with Crippen LogP contribution in [0.25, 0.3) is 0 Å². The average molecular weight is 298 g/mol. The van der Waals surface area contributed by atoms with Gasteiger partial charge in [-0.3, -0.25) is 0 Å². The van der Waals surface area contributed by atoms with Crippen molar-refractivity contribution in [3.8, 4) is 0 Å². The molecule has 1 saturated carbocycles. The van der Waals surface area contributed by atoms with Crippen molar-refractivity contribution in [2.24, 2.45) is 5.92 Å². The van der Waals surface area contributed by atoms with E-state index in [0.29, 0.717) is 11.7 Å². The summed E-state index contributed by atoms with van der Waals surface area (Å²) < 4.78 is 2.35. The summed E-state index contributed by atoms with van der Waals surface area (Å²) in [5.41, 5.74) is 5.79. The first-order valence-corrected chi connectivity index (χ1v) is 8.14. The van der Waals surface area contributed by atoms with Gasteiger partial charge in [-0.05, 0) is 37.7 Å². The molecule has 22 heavy (non-hydrogen) atoms. The number of imidazole rings is 1. The van der Waals surface area contributed by atoms with Crippen LogP contribution in [0.3, 0.4) is 0 Å². The van der Waals surface area contributed by atoms with E-state index < -0.39 is 0 Å². The maximum Gasteiger partial charge on any atom is 0.227 e. The Morgan fingerprint density at radius 1 is 1.18 bits per heavy atom. The number of hydrogen-bond donors (Lipinski definition) is 1. The fraction of sp³-hybridized carbons (Fsp3) is 0.562. The van der Waals surface area contributed by atoms with E-state index in [4.69, 9.17) is 5.73 Å². The second-order valence-corrected chi connectivity index (χ2v) is 6.45. The predicted molar refractivity (Wildman–Crippen MR) is 85.6 cm³/mol. The SMILES string of the molecule is Nc1ccnc(N2CCC[C@H](c3nccn3CC3CC3)C2)n1. The third kappa shape index (κ3) is 2.77. The lowest BCUT2D eigenvalue weighted by Crippen LogP contribution is -2.36. The molecule has 0 radical (unpaired) electrons. The molecule has 4 rings (SSSR count). The van der Waals surface area contributed by atoms with Crippen molar-refractivity contribution < 1.29 is 0 Å². The lowest BCUT2D eigenvalue weighted by atomic mass is 9.97. The number of nitrogens with two attached hydrogens (primary N) is 1. The van der Waals surface area contributed by atoms with Gasteiger partial charge in [-0.15, -0.1) is 0 Å². The van der Waals surface area contributed by atoms with Gasteiger partial charge in [0, 0.05) is 44.1 Å². The molecular weight excluding hydrogens is 276 g/mol. The van der Waals surface area contributed by atoms with Crippen molar-refractivity contribution in [3.63, 3.8) is 0 Å². The number of nitrogen functional groups attached to an aromatic ring is 1. The standard InChI is InChI=1S/C16H22N6/c17-14-5-6-19-16(20-14)22-8-1-2-13(11-22)15-18-7-9-21(15)10-12-3-4-12/h5-7,9,12-13H,1-4,8,10-11H2,(H2,17,19,20)/t13-/m0/s1. The minimum atomic E-state index is 0.451. The van der Waals surface area contributed by atoms with Crippen molar-refractivity contribution >= 4 is 11.8 Å². The molecule has 0 bridgehead atoms. The van der Waals surface area contributed by atoms with E-state index in [0.717, 1.165) is 37.9 Å². The normalized spacial score (nSPS) is 22.0. The quantitative estimate of drug-likeness (QED) is 0.935. The van der Waals surface area contributed by atoms with Crippen LogP contribution >= 0.6 is 0 Å². The molecule has 1 atom stereocenters. The summed E-state index contributed by atoms with van der Waals surface area (Å²) in [5, 5.41) is 0. The topological polar surface area (TPSA) is 72.9 Å². The van der Waals surface area contributed by atoms with E-state index in [1.54, 1.807) is 12.3 Å². The van der Waals surface area contributed by atoms with Crippen molar-refractivity contribution in [2.45, 2.75) is 38.1 Å². The van der Waals surface area contributed by atoms with Gasteiger partial charge in [-0.25, -0.2) is 9.97 Å². The Kier molecular flexibility index (Phi) is 3.44. The Hall–Kier alpha value is -2.11. The summed E-state index contributed by atoms with van der Waals surface area (Å²) in [6.45, 7) is 3.04. The van der Waals surface area contributed by atoms with Crippen LogP contribution in [-0.4, -0.2) is 32.6 Å². The fourth-order valence-electron chi connectivity index (χ4n) is 3.30. The molecule has 1 aliphatic carbocycles. The number of rotatable bonds is 4. The number of aromatic nitrogens is 4. The Morgan fingerprint density at radius 3 is 2.91 bits per heavy atom. The van der Waals surface area contributed by atoms with Crippen LogP contribution in [0.15, 0.2) is 24.7 Å². The first kappa shape index (κ1) is 13.5. The average Bonchev–Trinajstić information content (AvgIpc) is 3.23. The Bertz CT molecular complexity index is 648. The summed E-state index contributed by atoms with van der Waals surface area (Å²) in [4.78, 5) is 15.6. The van der Waals surface area contributed by atoms with Crippen molar-refractivity contribution in [1.82, 2.24) is 19.5 Å². The highest BCUT2D eigenvalue weighted by Gasteiger charge is 2.28. The maximum atomic E-state index is 5.79. The van der Waals surface area contributed by atoms with Crippen LogP contribution in [0.1, 0.15) is 37.4 Å². The summed E-state index contributed by atoms with van der Waals surface area (Å²) in [6.07, 6.45) is 10.9. The minimum Gasteiger partial charge on any atom is -0.384 e. The Labute approximate surface area is 130 Å². The van der Waals surface area contributed by atoms with Crippen LogP contribution in [-0.2, 0) is 6.54 Å². The molecule has 6 heteroatoms. The summed E-state index contributed by atoms with van der Waals surface area (Å²) in [6, 6.07) is 1.73. The minimum absolute atomic E-state index is 0.451. The highest BCUT2D eigenvalue weighted by molar-refractivity contribution is 5.38. The molecule has 2 aromatic rings. The molecule has 0 spiro atoms. The van der Waals surface area contributed by atoms with Gasteiger partial charge >= 0.3 is 0 Å². The first-order valence-electron chi connectivity index (χ1n) is 8.14. The first-order chi connectivity index (χ1) is 10.8. The number of piperidine rings is 1. The largest absolute Gasteiger partial charge is 0.384 e. The molecule has 2 N–H and O–H groups in total. The third-order valence-corrected chi connectivity index (χ3v) is 4.63. The smallest absolute Gasteiger partial charge is 0.227 e. The molecular formula is C16H22N6. The van der Waals surface area contributed by atoms with E-state index in [-0.39, 0.29) is 0 Å². The van der Waals surface area contributed by atoms with Crippen LogP contribution in [0.2, 0.25) is 0 Å². The second-order valence-electron chi connectivity index (χ2n) is 6.45. The molecule has 0 amide bonds. The van der Waals surface area contributed by atoms with E-state index in [2.05, 4.69) is 30.6 Å². The van der Waals surface area contributed by atoms with E-state index in [1.165, 1.54) is 25.1 Å². The maximum absolute atomic E-state index is 5.79. The second kappa shape index (κ2) is 5.59. The van der Waals surface area contributed by atoms with Crippen LogP contribution in [0.4, 0.5) is 11.8 Å². The number of nitrogens with zero attached hydrogens (tertiary/aromatic N) is 5. The van der Waals surface area contributed by atoms with Gasteiger partial charge in [-0.1, -0.05) is 0 Å². The molecule has 3 heterocycles. The van der Waals surface area contributed by atoms with Crippen molar-refractivity contribution in [3.05, 3.63) is 30.5 Å². The van der Waals surface area contributed by atoms with Crippen LogP contribution in [0, 0.1) is 5.92 Å². The van der Waals surface area contributed by atoms with E-state index in [1.807, 2.05) is 6.20 Å². The molecule has 116 valence electrons. The highest BCUT2D eigenvalue weighted by atomic mass is 15.3. The zero-order chi connectivity index (χ0) is 14.9. The van der Waals surface area contributed by atoms with Crippen LogP contribution < -0.4 is 10.6 Å². The zero-order valence-corrected chi connectivity index (χ0v) is 12.7. The summed E-state index contributed by atoms with van der Waals surface area (Å²) >= 11 is 0. The molecule has 2 fully saturated rings. The molecule has 0 unspecified atom stereocenters. The Balaban J connectivity index is 1.52. The van der Waals surface area contributed by atoms with Gasteiger partial charge in [0.1, 0.15) is 11.6 Å². The van der Waals surface area contributed by atoms with Gasteiger partial charge in [0.2, 0.25) is 5.95 Å². The van der Waals surface area contributed by atoms with Gasteiger partial charge in [0.15, 0.2) is 0 Å². The van der Waals surface area contributed by atoms with Crippen LogP contribution in [0.5, 0.6) is 0 Å². The van der Waals surface area contributed by atoms with E-state index in [9.17, 15) is 0 Å². The number of hydrogen-bond acceptors (Lipinski definition) is 5. The van der Waals surface area contributed by atoms with Gasteiger partial charge in [0.25, 0.3) is 0 Å². The highest BCUT2D eigenvalue weighted by Crippen LogP contribution is 2.33. The predicted octanol–water partition coefficient (Wildman–Crippen LogP) is 2.05. The third-order valence-electron chi connectivity index (χ3n) is 4.63. The molecule has 6 nitrogen and oxygen atoms in total. The lowest BCUT2D eigenvalue weighted by Gasteiger charge is -2.32. The van der Waals surface area contributed by atoms with Crippen molar-refractivity contribution in [2.75, 3.05) is 23.7 Å². The zero-order valence-electron chi connectivity index (χ0n) is 12.7. The van der Waals surface area contributed by atoms with Gasteiger partial charge < -0.3 is 15.2 Å². The van der Waals surface area contributed by atoms with Crippen molar-refractivity contribution in [1.29, 1.82) is 0 Å². The molecule has 1 aliphatic heterocycles. The monoisotopic (exact) mass is 298 g/mol. The summed E-state index contributed by atoms with van der Waals surface area (Å²) in [7, 11) is 0. The number of anilines is 2. The summed E-state index contributed by atoms with van der Waals surface area (Å²) in [5.74, 6) is 3.81. The lowest BCUT2D eigenvalue weighted by molar-refractivity contribution is 0.459. The van der Waals surface area contributed by atoms with Gasteiger partial charge in [-0.2, -0.15) is 4.98 Å². The van der Waals surface area contributed by atoms with Gasteiger partial charge in [0.05, 0.1) is 0 Å². The molecule has 0 aromatic carbocycles. The molecule has 2 aliphatic rings. The molecule has 2 aromatic heterocycles. The van der Waals surface area contributed by atoms with E-state index >= 15 is 0 Å². The Morgan fingerprint density at radius 2 is 2.09 bits per heavy atom. The fourth-order valence-corrected chi connectivity index (χ4v) is 3.30. The molecule has 1 saturated heterocycles.